The van der Waals surface area contributed by atoms with Crippen LogP contribution in [0.1, 0.15) is 19.3 Å². The molecule has 0 bridgehead atoms. The Morgan fingerprint density at radius 3 is 2.14 bits per heavy atom. The molecule has 1 fully saturated rings. The van der Waals surface area contributed by atoms with Crippen molar-refractivity contribution in [2.45, 2.75) is 24.5 Å². The van der Waals surface area contributed by atoms with Crippen LogP contribution in [0.25, 0.3) is 0 Å². The van der Waals surface area contributed by atoms with E-state index in [1.807, 2.05) is 0 Å². The van der Waals surface area contributed by atoms with E-state index < -0.39 is 0 Å². The van der Waals surface area contributed by atoms with Gasteiger partial charge in [0.15, 0.2) is 11.6 Å². The quantitative estimate of drug-likeness (QED) is 0.766. The maximum absolute atomic E-state index is 11.2. The molecule has 3 atom stereocenters. The van der Waals surface area contributed by atoms with Gasteiger partial charge >= 0.3 is 0 Å². The lowest BCUT2D eigenvalue weighted by Gasteiger charge is -2.35. The van der Waals surface area contributed by atoms with E-state index in [2.05, 4.69) is 32.6 Å². The maximum atomic E-state index is 11.2. The molecule has 3 aliphatic rings. The minimum absolute atomic E-state index is 0.00413. The summed E-state index contributed by atoms with van der Waals surface area (Å²) in [6, 6.07) is 0. The topological polar surface area (TPSA) is 83.6 Å². The summed E-state index contributed by atoms with van der Waals surface area (Å²) in [6.07, 6.45) is 5.62. The van der Waals surface area contributed by atoms with Gasteiger partial charge in [0.1, 0.15) is 24.8 Å². The molecule has 21 heavy (non-hydrogen) atoms. The summed E-state index contributed by atoms with van der Waals surface area (Å²) in [5.74, 6) is 1.25. The van der Waals surface area contributed by atoms with Gasteiger partial charge in [-0.2, -0.15) is 12.6 Å². The Hall–Kier alpha value is -1.63. The lowest BCUT2D eigenvalue weighted by atomic mass is 9.77. The van der Waals surface area contributed by atoms with Crippen molar-refractivity contribution >= 4 is 48.3 Å². The fourth-order valence-corrected chi connectivity index (χ4v) is 3.50. The Labute approximate surface area is 128 Å². The highest BCUT2D eigenvalue weighted by atomic mass is 32.1. The van der Waals surface area contributed by atoms with Gasteiger partial charge in [0.05, 0.1) is 12.4 Å². The predicted molar refractivity (Wildman–Crippen MR) is 85.2 cm³/mol. The van der Waals surface area contributed by atoms with Crippen molar-refractivity contribution in [3.63, 3.8) is 0 Å². The standard InChI is InChI=1S/C14H16N4O2S/c19-8-4-15-13(16-5-8)10-2-1-3-11(21)12(10)14-17-6-9(20)7-18-14/h4,6,10-12,21H,1-3,5,7H2. The van der Waals surface area contributed by atoms with E-state index in [4.69, 9.17) is 0 Å². The van der Waals surface area contributed by atoms with Crippen LogP contribution in [0.2, 0.25) is 0 Å². The van der Waals surface area contributed by atoms with Crippen molar-refractivity contribution in [1.29, 1.82) is 0 Å². The molecule has 0 aromatic carbocycles. The third-order valence-corrected chi connectivity index (χ3v) is 4.55. The number of carbonyl (C=O) groups excluding carboxylic acids is 2. The second-order valence-electron chi connectivity index (χ2n) is 5.43. The Bertz CT molecular complexity index is 594. The van der Waals surface area contributed by atoms with Gasteiger partial charge in [0.25, 0.3) is 0 Å². The maximum Gasteiger partial charge on any atom is 0.195 e. The SMILES string of the molecule is O=C1C=NC(C2CCCC(S)C2C2=NCC(=O)C=N2)=NC1. The molecule has 1 saturated carbocycles. The number of thiol groups is 1. The molecule has 2 aliphatic heterocycles. The number of hydrogen-bond acceptors (Lipinski definition) is 7. The molecule has 0 saturated heterocycles. The Morgan fingerprint density at radius 2 is 1.57 bits per heavy atom. The van der Waals surface area contributed by atoms with Crippen LogP contribution in [0.3, 0.4) is 0 Å². The minimum atomic E-state index is -0.0829. The second kappa shape index (κ2) is 6.01. The number of nitrogens with zero attached hydrogens (tertiary/aromatic N) is 4. The fraction of sp³-hybridized carbons (Fsp3) is 0.571. The van der Waals surface area contributed by atoms with Crippen molar-refractivity contribution in [2.24, 2.45) is 31.8 Å². The summed E-state index contributed by atoms with van der Waals surface area (Å²) in [6.45, 7) is 0.310. The van der Waals surface area contributed by atoms with Gasteiger partial charge in [-0.25, -0.2) is 9.98 Å². The molecule has 3 rings (SSSR count). The molecule has 6 nitrogen and oxygen atoms in total. The van der Waals surface area contributed by atoms with Crippen LogP contribution in [0.5, 0.6) is 0 Å². The Balaban J connectivity index is 1.87. The molecule has 3 unspecified atom stereocenters. The zero-order valence-electron chi connectivity index (χ0n) is 11.5. The third kappa shape index (κ3) is 3.02. The van der Waals surface area contributed by atoms with Crippen LogP contribution in [0.4, 0.5) is 0 Å². The zero-order chi connectivity index (χ0) is 14.8. The molecule has 1 aliphatic carbocycles. The summed E-state index contributed by atoms with van der Waals surface area (Å²) in [5.41, 5.74) is 0. The van der Waals surface area contributed by atoms with Crippen molar-refractivity contribution in [3.05, 3.63) is 0 Å². The zero-order valence-corrected chi connectivity index (χ0v) is 12.4. The van der Waals surface area contributed by atoms with Gasteiger partial charge in [-0.3, -0.25) is 19.6 Å². The minimum Gasteiger partial charge on any atom is -0.291 e. The summed E-state index contributed by atoms with van der Waals surface area (Å²) in [7, 11) is 0. The van der Waals surface area contributed by atoms with Crippen LogP contribution in [-0.4, -0.2) is 54.0 Å². The van der Waals surface area contributed by atoms with Crippen LogP contribution in [0.15, 0.2) is 20.0 Å². The number of hydrogen-bond donors (Lipinski definition) is 1. The van der Waals surface area contributed by atoms with Crippen LogP contribution < -0.4 is 0 Å². The first-order chi connectivity index (χ1) is 10.1. The molecule has 0 spiro atoms. The number of rotatable bonds is 2. The van der Waals surface area contributed by atoms with Crippen molar-refractivity contribution in [3.8, 4) is 0 Å². The molecule has 0 aromatic rings. The van der Waals surface area contributed by atoms with E-state index in [0.29, 0.717) is 11.7 Å². The van der Waals surface area contributed by atoms with Crippen molar-refractivity contribution in [1.82, 2.24) is 0 Å². The van der Waals surface area contributed by atoms with E-state index in [0.717, 1.165) is 19.3 Å². The van der Waals surface area contributed by atoms with E-state index in [-0.39, 0.29) is 41.7 Å². The van der Waals surface area contributed by atoms with E-state index in [1.165, 1.54) is 12.4 Å². The van der Waals surface area contributed by atoms with Crippen molar-refractivity contribution < 1.29 is 9.59 Å². The van der Waals surface area contributed by atoms with Crippen molar-refractivity contribution in [2.75, 3.05) is 13.1 Å². The second-order valence-corrected chi connectivity index (χ2v) is 6.09. The first-order valence-corrected chi connectivity index (χ1v) is 7.57. The summed E-state index contributed by atoms with van der Waals surface area (Å²) < 4.78 is 0. The number of aliphatic imine (C=N–C) groups is 4. The molecule has 0 aromatic heterocycles. The molecule has 0 radical (unpaired) electrons. The Kier molecular flexibility index (Phi) is 4.10. The number of amidine groups is 2. The molecular weight excluding hydrogens is 288 g/mol. The van der Waals surface area contributed by atoms with Gasteiger partial charge in [-0.05, 0) is 12.8 Å². The number of Topliss-reactive ketones (excluding diaryl/α,β-unsaturated/α-hetero) is 2. The highest BCUT2D eigenvalue weighted by molar-refractivity contribution is 7.81. The highest BCUT2D eigenvalue weighted by Crippen LogP contribution is 2.36. The van der Waals surface area contributed by atoms with Crippen LogP contribution in [0, 0.1) is 11.8 Å². The van der Waals surface area contributed by atoms with E-state index in [1.54, 1.807) is 0 Å². The average Bonchev–Trinajstić information content (AvgIpc) is 2.49. The first kappa shape index (κ1) is 14.3. The smallest absolute Gasteiger partial charge is 0.195 e. The molecule has 2 heterocycles. The summed E-state index contributed by atoms with van der Waals surface area (Å²) in [4.78, 5) is 39.4. The first-order valence-electron chi connectivity index (χ1n) is 7.05. The number of ketones is 2. The van der Waals surface area contributed by atoms with Crippen LogP contribution in [-0.2, 0) is 9.59 Å². The third-order valence-electron chi connectivity index (χ3n) is 3.97. The largest absolute Gasteiger partial charge is 0.291 e. The Morgan fingerprint density at radius 1 is 0.952 bits per heavy atom. The lowest BCUT2D eigenvalue weighted by Crippen LogP contribution is -2.40. The van der Waals surface area contributed by atoms with Gasteiger partial charge in [0.2, 0.25) is 0 Å². The lowest BCUT2D eigenvalue weighted by molar-refractivity contribution is -0.112. The molecule has 110 valence electrons. The van der Waals surface area contributed by atoms with E-state index >= 15 is 0 Å². The summed E-state index contributed by atoms with van der Waals surface area (Å²) in [5, 5.41) is 0.114. The van der Waals surface area contributed by atoms with E-state index in [9.17, 15) is 9.59 Å². The molecule has 7 heteroatoms. The summed E-state index contributed by atoms with van der Waals surface area (Å²) >= 11 is 4.67. The van der Waals surface area contributed by atoms with Crippen LogP contribution >= 0.6 is 12.6 Å². The normalized spacial score (nSPS) is 32.9. The molecular formula is C14H16N4O2S. The predicted octanol–water partition coefficient (Wildman–Crippen LogP) is 0.805. The fourth-order valence-electron chi connectivity index (χ4n) is 2.98. The molecule has 0 N–H and O–H groups in total. The van der Waals surface area contributed by atoms with Gasteiger partial charge < -0.3 is 0 Å². The van der Waals surface area contributed by atoms with Gasteiger partial charge in [-0.15, -0.1) is 0 Å². The highest BCUT2D eigenvalue weighted by Gasteiger charge is 2.39. The van der Waals surface area contributed by atoms with Gasteiger partial charge in [-0.1, -0.05) is 6.42 Å². The van der Waals surface area contributed by atoms with Gasteiger partial charge in [0, 0.05) is 17.1 Å². The molecule has 0 amide bonds. The monoisotopic (exact) mass is 304 g/mol. The number of carbonyl (C=O) groups is 2. The average molecular weight is 304 g/mol.